The van der Waals surface area contributed by atoms with Gasteiger partial charge < -0.3 is 4.74 Å². The first-order chi connectivity index (χ1) is 10.7. The fourth-order valence-electron chi connectivity index (χ4n) is 3.30. The third kappa shape index (κ3) is 3.41. The van der Waals surface area contributed by atoms with E-state index in [1.54, 1.807) is 0 Å². The van der Waals surface area contributed by atoms with Gasteiger partial charge >= 0.3 is 0 Å². The van der Waals surface area contributed by atoms with Crippen LogP contribution in [0.2, 0.25) is 0 Å². The molecule has 2 rings (SSSR count). The van der Waals surface area contributed by atoms with Crippen LogP contribution in [0.3, 0.4) is 0 Å². The van der Waals surface area contributed by atoms with E-state index in [0.29, 0.717) is 0 Å². The predicted molar refractivity (Wildman–Crippen MR) is 94.3 cm³/mol. The lowest BCUT2D eigenvalue weighted by atomic mass is 9.84. The minimum Gasteiger partial charge on any atom is -0.373 e. The highest BCUT2D eigenvalue weighted by atomic mass is 16.5. The summed E-state index contributed by atoms with van der Waals surface area (Å²) in [6, 6.07) is 17.5. The summed E-state index contributed by atoms with van der Waals surface area (Å²) < 4.78 is 6.01. The Hall–Kier alpha value is -1.60. The fourth-order valence-corrected chi connectivity index (χ4v) is 3.30. The summed E-state index contributed by atoms with van der Waals surface area (Å²) in [6.45, 7) is 6.67. The first-order valence-electron chi connectivity index (χ1n) is 8.40. The average molecular weight is 296 g/mol. The SMILES string of the molecule is CCc1ccc(CC(CC)(OC)c2ccccc2)cc1CC. The van der Waals surface area contributed by atoms with Crippen LogP contribution in [0.25, 0.3) is 0 Å². The molecule has 0 aliphatic rings. The van der Waals surface area contributed by atoms with E-state index >= 15 is 0 Å². The van der Waals surface area contributed by atoms with Crippen molar-refractivity contribution in [1.82, 2.24) is 0 Å². The van der Waals surface area contributed by atoms with Crippen molar-refractivity contribution in [2.45, 2.75) is 52.1 Å². The van der Waals surface area contributed by atoms with Crippen LogP contribution >= 0.6 is 0 Å². The molecule has 0 bridgehead atoms. The van der Waals surface area contributed by atoms with Crippen LogP contribution in [0.4, 0.5) is 0 Å². The van der Waals surface area contributed by atoms with Crippen molar-refractivity contribution in [2.75, 3.05) is 7.11 Å². The Kier molecular flexibility index (Phi) is 5.79. The molecule has 0 fully saturated rings. The second kappa shape index (κ2) is 7.60. The second-order valence-electron chi connectivity index (χ2n) is 5.90. The van der Waals surface area contributed by atoms with Crippen LogP contribution < -0.4 is 0 Å². The first-order valence-corrected chi connectivity index (χ1v) is 8.40. The zero-order chi connectivity index (χ0) is 16.0. The maximum Gasteiger partial charge on any atom is 0.0965 e. The van der Waals surface area contributed by atoms with Gasteiger partial charge in [0.2, 0.25) is 0 Å². The topological polar surface area (TPSA) is 9.23 Å². The van der Waals surface area contributed by atoms with Crippen LogP contribution in [0.1, 0.15) is 49.4 Å². The van der Waals surface area contributed by atoms with Crippen molar-refractivity contribution >= 4 is 0 Å². The highest BCUT2D eigenvalue weighted by Crippen LogP contribution is 2.33. The standard InChI is InChI=1S/C21H28O/c1-5-18-14-13-17(15-19(18)6-2)16-21(7-3,22-4)20-11-9-8-10-12-20/h8-15H,5-7,16H2,1-4H3. The molecule has 0 saturated heterocycles. The van der Waals surface area contributed by atoms with Gasteiger partial charge in [-0.3, -0.25) is 0 Å². The summed E-state index contributed by atoms with van der Waals surface area (Å²) in [6.07, 6.45) is 4.07. The van der Waals surface area contributed by atoms with E-state index in [4.69, 9.17) is 4.74 Å². The molecule has 0 saturated carbocycles. The summed E-state index contributed by atoms with van der Waals surface area (Å²) in [5, 5.41) is 0. The van der Waals surface area contributed by atoms with Crippen molar-refractivity contribution in [3.63, 3.8) is 0 Å². The van der Waals surface area contributed by atoms with Gasteiger partial charge in [-0.05, 0) is 41.5 Å². The van der Waals surface area contributed by atoms with Gasteiger partial charge in [0.05, 0.1) is 5.60 Å². The maximum atomic E-state index is 6.01. The van der Waals surface area contributed by atoms with E-state index in [9.17, 15) is 0 Å². The molecule has 0 radical (unpaired) electrons. The van der Waals surface area contributed by atoms with E-state index in [1.807, 2.05) is 7.11 Å². The van der Waals surface area contributed by atoms with Gasteiger partial charge in [-0.1, -0.05) is 69.3 Å². The number of benzene rings is 2. The van der Waals surface area contributed by atoms with Crippen molar-refractivity contribution in [1.29, 1.82) is 0 Å². The Morgan fingerprint density at radius 3 is 2.09 bits per heavy atom. The summed E-state index contributed by atoms with van der Waals surface area (Å²) in [7, 11) is 1.83. The van der Waals surface area contributed by atoms with E-state index in [2.05, 4.69) is 69.3 Å². The number of hydrogen-bond donors (Lipinski definition) is 0. The molecule has 0 heterocycles. The molecule has 0 amide bonds. The highest BCUT2D eigenvalue weighted by molar-refractivity contribution is 5.34. The third-order valence-electron chi connectivity index (χ3n) is 4.78. The summed E-state index contributed by atoms with van der Waals surface area (Å²) in [4.78, 5) is 0. The molecule has 1 nitrogen and oxygen atoms in total. The fraction of sp³-hybridized carbons (Fsp3) is 0.429. The summed E-state index contributed by atoms with van der Waals surface area (Å²) in [5.41, 5.74) is 5.32. The normalized spacial score (nSPS) is 13.8. The molecule has 0 aromatic heterocycles. The van der Waals surface area contributed by atoms with Crippen molar-refractivity contribution < 1.29 is 4.74 Å². The van der Waals surface area contributed by atoms with Crippen LogP contribution in [-0.2, 0) is 29.6 Å². The lowest BCUT2D eigenvalue weighted by molar-refractivity contribution is -0.0182. The van der Waals surface area contributed by atoms with Gasteiger partial charge in [-0.2, -0.15) is 0 Å². The molecule has 2 aromatic rings. The first kappa shape index (κ1) is 16.8. The van der Waals surface area contributed by atoms with Gasteiger partial charge in [0.25, 0.3) is 0 Å². The van der Waals surface area contributed by atoms with Crippen LogP contribution in [0, 0.1) is 0 Å². The molecule has 22 heavy (non-hydrogen) atoms. The Bertz CT molecular complexity index is 582. The number of aryl methyl sites for hydroxylation is 2. The smallest absolute Gasteiger partial charge is 0.0965 e. The van der Waals surface area contributed by atoms with Crippen molar-refractivity contribution in [3.05, 3.63) is 70.8 Å². The molecular weight excluding hydrogens is 268 g/mol. The number of ether oxygens (including phenoxy) is 1. The second-order valence-corrected chi connectivity index (χ2v) is 5.90. The van der Waals surface area contributed by atoms with Crippen LogP contribution in [0.5, 0.6) is 0 Å². The van der Waals surface area contributed by atoms with Gasteiger partial charge in [0, 0.05) is 13.5 Å². The zero-order valence-corrected chi connectivity index (χ0v) is 14.4. The van der Waals surface area contributed by atoms with Crippen molar-refractivity contribution in [3.8, 4) is 0 Å². The van der Waals surface area contributed by atoms with Gasteiger partial charge in [0.15, 0.2) is 0 Å². The number of hydrogen-bond acceptors (Lipinski definition) is 1. The molecule has 0 N–H and O–H groups in total. The van der Waals surface area contributed by atoms with E-state index in [1.165, 1.54) is 22.3 Å². The molecule has 1 heteroatoms. The average Bonchev–Trinajstić information content (AvgIpc) is 2.60. The molecule has 1 atom stereocenters. The van der Waals surface area contributed by atoms with Gasteiger partial charge in [-0.15, -0.1) is 0 Å². The highest BCUT2D eigenvalue weighted by Gasteiger charge is 2.30. The predicted octanol–water partition coefficient (Wildman–Crippen LogP) is 5.31. The molecule has 0 aliphatic carbocycles. The Labute approximate surface area is 135 Å². The summed E-state index contributed by atoms with van der Waals surface area (Å²) >= 11 is 0. The van der Waals surface area contributed by atoms with E-state index < -0.39 is 0 Å². The van der Waals surface area contributed by atoms with Crippen molar-refractivity contribution in [2.24, 2.45) is 0 Å². The van der Waals surface area contributed by atoms with Gasteiger partial charge in [-0.25, -0.2) is 0 Å². The van der Waals surface area contributed by atoms with E-state index in [0.717, 1.165) is 25.7 Å². The Morgan fingerprint density at radius 1 is 0.864 bits per heavy atom. The largest absolute Gasteiger partial charge is 0.373 e. The molecule has 0 aliphatic heterocycles. The van der Waals surface area contributed by atoms with Crippen LogP contribution in [-0.4, -0.2) is 7.11 Å². The molecular formula is C21H28O. The number of methoxy groups -OCH3 is 1. The molecule has 2 aromatic carbocycles. The summed E-state index contributed by atoms with van der Waals surface area (Å²) in [5.74, 6) is 0. The van der Waals surface area contributed by atoms with Crippen LogP contribution in [0.15, 0.2) is 48.5 Å². The molecule has 0 spiro atoms. The maximum absolute atomic E-state index is 6.01. The van der Waals surface area contributed by atoms with E-state index in [-0.39, 0.29) is 5.60 Å². The monoisotopic (exact) mass is 296 g/mol. The Balaban J connectivity index is 2.36. The van der Waals surface area contributed by atoms with Gasteiger partial charge in [0.1, 0.15) is 0 Å². The third-order valence-corrected chi connectivity index (χ3v) is 4.78. The quantitative estimate of drug-likeness (QED) is 0.673. The molecule has 1 unspecified atom stereocenters. The Morgan fingerprint density at radius 2 is 1.55 bits per heavy atom. The molecule has 118 valence electrons. The zero-order valence-electron chi connectivity index (χ0n) is 14.4. The lowest BCUT2D eigenvalue weighted by Gasteiger charge is -2.32. The number of rotatable bonds is 7. The lowest BCUT2D eigenvalue weighted by Crippen LogP contribution is -2.30. The minimum absolute atomic E-state index is 0.236. The minimum atomic E-state index is -0.236.